The van der Waals surface area contributed by atoms with E-state index in [-0.39, 0.29) is 12.9 Å². The van der Waals surface area contributed by atoms with Gasteiger partial charge in [-0.2, -0.15) is 0 Å². The SMILES string of the molecule is C=CC(=O)OCC1=COC(C2CCCC2)O1. The fourth-order valence-corrected chi connectivity index (χ4v) is 2.05. The monoisotopic (exact) mass is 224 g/mol. The number of hydrogen-bond acceptors (Lipinski definition) is 4. The highest BCUT2D eigenvalue weighted by Gasteiger charge is 2.31. The molecule has 1 atom stereocenters. The lowest BCUT2D eigenvalue weighted by Crippen LogP contribution is -2.19. The van der Waals surface area contributed by atoms with Gasteiger partial charge in [0, 0.05) is 12.0 Å². The molecule has 0 aromatic carbocycles. The Hall–Kier alpha value is -1.45. The lowest BCUT2D eigenvalue weighted by Gasteiger charge is -2.17. The van der Waals surface area contributed by atoms with E-state index in [1.807, 2.05) is 0 Å². The zero-order valence-electron chi connectivity index (χ0n) is 9.19. The Morgan fingerprint density at radius 1 is 1.56 bits per heavy atom. The van der Waals surface area contributed by atoms with Crippen molar-refractivity contribution in [2.45, 2.75) is 32.0 Å². The molecule has 0 N–H and O–H groups in total. The molecule has 1 fully saturated rings. The lowest BCUT2D eigenvalue weighted by molar-refractivity contribution is -0.139. The molecular weight excluding hydrogens is 208 g/mol. The number of hydrogen-bond donors (Lipinski definition) is 0. The van der Waals surface area contributed by atoms with Gasteiger partial charge in [-0.05, 0) is 12.8 Å². The minimum absolute atomic E-state index is 0.119. The average Bonchev–Trinajstić information content (AvgIpc) is 2.95. The molecule has 16 heavy (non-hydrogen) atoms. The zero-order chi connectivity index (χ0) is 11.4. The summed E-state index contributed by atoms with van der Waals surface area (Å²) in [5.41, 5.74) is 0. The van der Waals surface area contributed by atoms with Crippen LogP contribution in [0.15, 0.2) is 24.7 Å². The van der Waals surface area contributed by atoms with Gasteiger partial charge in [-0.3, -0.25) is 0 Å². The van der Waals surface area contributed by atoms with Gasteiger partial charge in [-0.25, -0.2) is 4.79 Å². The molecule has 2 aliphatic rings. The summed E-state index contributed by atoms with van der Waals surface area (Å²) < 4.78 is 15.8. The first kappa shape index (κ1) is 11.0. The number of ether oxygens (including phenoxy) is 3. The van der Waals surface area contributed by atoms with Gasteiger partial charge < -0.3 is 14.2 Å². The van der Waals surface area contributed by atoms with Crippen LogP contribution in [0, 0.1) is 5.92 Å². The van der Waals surface area contributed by atoms with Crippen molar-refractivity contribution in [3.8, 4) is 0 Å². The Kier molecular flexibility index (Phi) is 3.49. The van der Waals surface area contributed by atoms with E-state index in [2.05, 4.69) is 6.58 Å². The molecule has 0 aromatic rings. The third-order valence-corrected chi connectivity index (χ3v) is 2.91. The van der Waals surface area contributed by atoms with Crippen molar-refractivity contribution >= 4 is 5.97 Å². The van der Waals surface area contributed by atoms with Crippen LogP contribution in [0.4, 0.5) is 0 Å². The molecule has 4 heteroatoms. The quantitative estimate of drug-likeness (QED) is 0.542. The molecule has 88 valence electrons. The molecule has 1 saturated carbocycles. The second-order valence-corrected chi connectivity index (χ2v) is 4.06. The summed E-state index contributed by atoms with van der Waals surface area (Å²) in [5, 5.41) is 0. The maximum Gasteiger partial charge on any atom is 0.330 e. The fourth-order valence-electron chi connectivity index (χ4n) is 2.05. The zero-order valence-corrected chi connectivity index (χ0v) is 9.19. The molecule has 0 spiro atoms. The maximum absolute atomic E-state index is 10.8. The molecular formula is C12H16O4. The van der Waals surface area contributed by atoms with Crippen molar-refractivity contribution in [2.75, 3.05) is 6.61 Å². The predicted molar refractivity (Wildman–Crippen MR) is 57.2 cm³/mol. The van der Waals surface area contributed by atoms with Crippen molar-refractivity contribution in [1.82, 2.24) is 0 Å². The first-order chi connectivity index (χ1) is 7.79. The molecule has 0 radical (unpaired) electrons. The van der Waals surface area contributed by atoms with Gasteiger partial charge in [-0.15, -0.1) is 0 Å². The topological polar surface area (TPSA) is 44.8 Å². The maximum atomic E-state index is 10.8. The van der Waals surface area contributed by atoms with Gasteiger partial charge in [0.25, 0.3) is 0 Å². The van der Waals surface area contributed by atoms with E-state index in [0.29, 0.717) is 11.7 Å². The second-order valence-electron chi connectivity index (χ2n) is 4.06. The van der Waals surface area contributed by atoms with E-state index in [0.717, 1.165) is 18.9 Å². The molecule has 1 unspecified atom stereocenters. The van der Waals surface area contributed by atoms with E-state index >= 15 is 0 Å². The first-order valence-corrected chi connectivity index (χ1v) is 5.60. The van der Waals surface area contributed by atoms with Gasteiger partial charge in [0.05, 0.1) is 0 Å². The minimum atomic E-state index is -0.450. The van der Waals surface area contributed by atoms with Crippen LogP contribution in [0.5, 0.6) is 0 Å². The highest BCUT2D eigenvalue weighted by Crippen LogP contribution is 2.33. The van der Waals surface area contributed by atoms with Crippen LogP contribution in [0.25, 0.3) is 0 Å². The van der Waals surface area contributed by atoms with E-state index in [4.69, 9.17) is 14.2 Å². The normalized spacial score (nSPS) is 24.5. The molecule has 0 amide bonds. The predicted octanol–water partition coefficient (Wildman–Crippen LogP) is 2.12. The number of rotatable bonds is 4. The van der Waals surface area contributed by atoms with Gasteiger partial charge in [-0.1, -0.05) is 19.4 Å². The van der Waals surface area contributed by atoms with E-state index in [9.17, 15) is 4.79 Å². The Bertz CT molecular complexity index is 302. The van der Waals surface area contributed by atoms with Crippen molar-refractivity contribution in [3.63, 3.8) is 0 Å². The molecule has 0 saturated heterocycles. The molecule has 4 nitrogen and oxygen atoms in total. The second kappa shape index (κ2) is 5.05. The molecule has 1 aliphatic heterocycles. The van der Waals surface area contributed by atoms with Crippen LogP contribution in [-0.4, -0.2) is 18.9 Å². The third-order valence-electron chi connectivity index (χ3n) is 2.91. The Balaban J connectivity index is 1.73. The van der Waals surface area contributed by atoms with Crippen LogP contribution in [-0.2, 0) is 19.0 Å². The molecule has 2 rings (SSSR count). The third kappa shape index (κ3) is 2.56. The van der Waals surface area contributed by atoms with Crippen LogP contribution in [0.2, 0.25) is 0 Å². The Morgan fingerprint density at radius 3 is 3.00 bits per heavy atom. The number of carbonyl (C=O) groups excluding carboxylic acids is 1. The Morgan fingerprint density at radius 2 is 2.31 bits per heavy atom. The summed E-state index contributed by atoms with van der Waals surface area (Å²) in [6, 6.07) is 0. The summed E-state index contributed by atoms with van der Waals surface area (Å²) in [6.07, 6.45) is 7.28. The lowest BCUT2D eigenvalue weighted by atomic mass is 10.1. The van der Waals surface area contributed by atoms with Crippen LogP contribution >= 0.6 is 0 Å². The van der Waals surface area contributed by atoms with E-state index in [1.165, 1.54) is 12.8 Å². The smallest absolute Gasteiger partial charge is 0.330 e. The summed E-state index contributed by atoms with van der Waals surface area (Å²) >= 11 is 0. The van der Waals surface area contributed by atoms with Gasteiger partial charge in [0.15, 0.2) is 12.4 Å². The standard InChI is InChI=1S/C12H16O4/c1-2-11(13)14-7-10-8-15-12(16-10)9-5-3-4-6-9/h2,8-9,12H,1,3-7H2. The van der Waals surface area contributed by atoms with Crippen molar-refractivity contribution in [3.05, 3.63) is 24.7 Å². The largest absolute Gasteiger partial charge is 0.459 e. The molecule has 0 bridgehead atoms. The van der Waals surface area contributed by atoms with Crippen LogP contribution in [0.1, 0.15) is 25.7 Å². The van der Waals surface area contributed by atoms with Crippen molar-refractivity contribution < 1.29 is 19.0 Å². The van der Waals surface area contributed by atoms with E-state index in [1.54, 1.807) is 6.26 Å². The molecule has 0 aromatic heterocycles. The summed E-state index contributed by atoms with van der Waals surface area (Å²) in [6.45, 7) is 3.44. The number of esters is 1. The van der Waals surface area contributed by atoms with Crippen molar-refractivity contribution in [1.29, 1.82) is 0 Å². The van der Waals surface area contributed by atoms with Crippen LogP contribution < -0.4 is 0 Å². The fraction of sp³-hybridized carbons (Fsp3) is 0.583. The average molecular weight is 224 g/mol. The van der Waals surface area contributed by atoms with Crippen molar-refractivity contribution in [2.24, 2.45) is 5.92 Å². The first-order valence-electron chi connectivity index (χ1n) is 5.60. The summed E-state index contributed by atoms with van der Waals surface area (Å²) in [4.78, 5) is 10.8. The number of carbonyl (C=O) groups is 1. The van der Waals surface area contributed by atoms with Gasteiger partial charge in [0.2, 0.25) is 6.29 Å². The minimum Gasteiger partial charge on any atom is -0.459 e. The van der Waals surface area contributed by atoms with Crippen LogP contribution in [0.3, 0.4) is 0 Å². The highest BCUT2D eigenvalue weighted by molar-refractivity contribution is 5.81. The van der Waals surface area contributed by atoms with E-state index < -0.39 is 5.97 Å². The summed E-state index contributed by atoms with van der Waals surface area (Å²) in [7, 11) is 0. The molecule has 1 aliphatic carbocycles. The van der Waals surface area contributed by atoms with Gasteiger partial charge in [0.1, 0.15) is 6.26 Å². The highest BCUT2D eigenvalue weighted by atomic mass is 16.7. The summed E-state index contributed by atoms with van der Waals surface area (Å²) in [5.74, 6) is 0.602. The molecule has 1 heterocycles. The Labute approximate surface area is 94.9 Å². The van der Waals surface area contributed by atoms with Gasteiger partial charge >= 0.3 is 5.97 Å².